The lowest BCUT2D eigenvalue weighted by Crippen LogP contribution is -2.33. The monoisotopic (exact) mass is 321 g/mol. The van der Waals surface area contributed by atoms with Crippen molar-refractivity contribution in [2.75, 3.05) is 38.7 Å². The predicted octanol–water partition coefficient (Wildman–Crippen LogP) is 2.03. The summed E-state index contributed by atoms with van der Waals surface area (Å²) in [6.45, 7) is 2.50. The Kier molecular flexibility index (Phi) is 5.64. The zero-order chi connectivity index (χ0) is 15.9. The van der Waals surface area contributed by atoms with E-state index in [2.05, 4.69) is 5.32 Å². The summed E-state index contributed by atoms with van der Waals surface area (Å²) in [4.78, 5) is 14.0. The summed E-state index contributed by atoms with van der Waals surface area (Å²) in [6, 6.07) is 6.79. The Morgan fingerprint density at radius 2 is 2.23 bits per heavy atom. The Morgan fingerprint density at radius 3 is 2.82 bits per heavy atom. The van der Waals surface area contributed by atoms with Crippen LogP contribution in [0, 0.1) is 11.3 Å². The minimum absolute atomic E-state index is 0.0360. The van der Waals surface area contributed by atoms with Crippen LogP contribution in [0.2, 0.25) is 5.02 Å². The molecule has 0 spiro atoms. The van der Waals surface area contributed by atoms with Gasteiger partial charge in [-0.1, -0.05) is 11.6 Å². The van der Waals surface area contributed by atoms with Crippen LogP contribution in [0.1, 0.15) is 0 Å². The van der Waals surface area contributed by atoms with Crippen molar-refractivity contribution in [2.24, 2.45) is 0 Å². The molecule has 1 aliphatic heterocycles. The minimum atomic E-state index is -0.477. The van der Waals surface area contributed by atoms with Crippen LogP contribution in [0.4, 0.5) is 5.69 Å². The Hall–Kier alpha value is -2.23. The molecule has 0 radical (unpaired) electrons. The molecule has 0 aliphatic carbocycles. The van der Waals surface area contributed by atoms with E-state index in [1.165, 1.54) is 7.11 Å². The number of nitrogens with zero attached hydrogens (tertiary/aromatic N) is 2. The summed E-state index contributed by atoms with van der Waals surface area (Å²) in [5.41, 5.74) is 0.535. The van der Waals surface area contributed by atoms with E-state index in [0.717, 1.165) is 0 Å². The first-order valence-corrected chi connectivity index (χ1v) is 7.10. The van der Waals surface area contributed by atoms with E-state index in [4.69, 9.17) is 26.3 Å². The standard InChI is InChI=1S/C15H16ClN3O3/c1-21-14-3-2-12(8-13(14)16)18-15(20)11(9-17)10-19-4-6-22-7-5-19/h2-3,8,10H,4-7H2,1H3,(H,18,20)/b11-10-. The van der Waals surface area contributed by atoms with Crippen LogP contribution >= 0.6 is 11.6 Å². The number of anilines is 1. The van der Waals surface area contributed by atoms with Gasteiger partial charge in [-0.05, 0) is 18.2 Å². The molecule has 7 heteroatoms. The quantitative estimate of drug-likeness (QED) is 0.678. The fourth-order valence-corrected chi connectivity index (χ4v) is 2.23. The van der Waals surface area contributed by atoms with E-state index < -0.39 is 5.91 Å². The number of amides is 1. The van der Waals surface area contributed by atoms with Crippen LogP contribution in [0.25, 0.3) is 0 Å². The Morgan fingerprint density at radius 1 is 1.50 bits per heavy atom. The summed E-state index contributed by atoms with van der Waals surface area (Å²) in [6.07, 6.45) is 1.56. The van der Waals surface area contributed by atoms with Gasteiger partial charge in [0.25, 0.3) is 5.91 Å². The van der Waals surface area contributed by atoms with Crippen molar-refractivity contribution in [3.8, 4) is 11.8 Å². The number of nitriles is 1. The molecule has 1 aromatic carbocycles. The average molecular weight is 322 g/mol. The zero-order valence-electron chi connectivity index (χ0n) is 12.1. The second kappa shape index (κ2) is 7.69. The van der Waals surface area contributed by atoms with Gasteiger partial charge in [-0.3, -0.25) is 4.79 Å². The lowest BCUT2D eigenvalue weighted by molar-refractivity contribution is -0.112. The van der Waals surface area contributed by atoms with Gasteiger partial charge in [0.1, 0.15) is 17.4 Å². The van der Waals surface area contributed by atoms with Crippen molar-refractivity contribution >= 4 is 23.2 Å². The van der Waals surface area contributed by atoms with Crippen molar-refractivity contribution in [3.05, 3.63) is 35.0 Å². The minimum Gasteiger partial charge on any atom is -0.495 e. The van der Waals surface area contributed by atoms with E-state index >= 15 is 0 Å². The third-order valence-corrected chi connectivity index (χ3v) is 3.43. The molecular formula is C15H16ClN3O3. The van der Waals surface area contributed by atoms with Crippen molar-refractivity contribution in [1.29, 1.82) is 5.26 Å². The van der Waals surface area contributed by atoms with Gasteiger partial charge in [0.2, 0.25) is 0 Å². The maximum atomic E-state index is 12.1. The molecule has 0 atom stereocenters. The number of carbonyl (C=O) groups excluding carboxylic acids is 1. The molecule has 1 aliphatic rings. The number of morpholine rings is 1. The highest BCUT2D eigenvalue weighted by Crippen LogP contribution is 2.27. The second-order valence-electron chi connectivity index (χ2n) is 4.61. The van der Waals surface area contributed by atoms with Gasteiger partial charge in [-0.15, -0.1) is 0 Å². The highest BCUT2D eigenvalue weighted by atomic mass is 35.5. The van der Waals surface area contributed by atoms with E-state index in [9.17, 15) is 4.79 Å². The van der Waals surface area contributed by atoms with Gasteiger partial charge < -0.3 is 19.7 Å². The molecule has 1 saturated heterocycles. The van der Waals surface area contributed by atoms with Gasteiger partial charge >= 0.3 is 0 Å². The van der Waals surface area contributed by atoms with Gasteiger partial charge in [0, 0.05) is 25.0 Å². The molecule has 116 valence electrons. The first-order chi connectivity index (χ1) is 10.6. The van der Waals surface area contributed by atoms with Gasteiger partial charge in [-0.2, -0.15) is 5.26 Å². The van der Waals surface area contributed by atoms with Crippen LogP contribution in [0.3, 0.4) is 0 Å². The number of nitrogens with one attached hydrogen (secondary N) is 1. The van der Waals surface area contributed by atoms with Crippen LogP contribution in [-0.4, -0.2) is 44.2 Å². The van der Waals surface area contributed by atoms with Crippen molar-refractivity contribution in [3.63, 3.8) is 0 Å². The number of halogens is 1. The van der Waals surface area contributed by atoms with Gasteiger partial charge in [-0.25, -0.2) is 0 Å². The average Bonchev–Trinajstić information content (AvgIpc) is 2.53. The Balaban J connectivity index is 2.07. The zero-order valence-corrected chi connectivity index (χ0v) is 12.9. The molecule has 0 aromatic heterocycles. The number of benzene rings is 1. The third kappa shape index (κ3) is 4.13. The van der Waals surface area contributed by atoms with Crippen molar-refractivity contribution < 1.29 is 14.3 Å². The summed E-state index contributed by atoms with van der Waals surface area (Å²) in [5.74, 6) is 0.0410. The molecule has 1 heterocycles. The SMILES string of the molecule is COc1ccc(NC(=O)/C(C#N)=C\N2CCOCC2)cc1Cl. The topological polar surface area (TPSA) is 74.6 Å². The Labute approximate surface area is 133 Å². The van der Waals surface area contributed by atoms with E-state index in [1.54, 1.807) is 24.4 Å². The number of hydrogen-bond donors (Lipinski definition) is 1. The first kappa shape index (κ1) is 16.1. The molecule has 22 heavy (non-hydrogen) atoms. The first-order valence-electron chi connectivity index (χ1n) is 6.72. The molecule has 0 bridgehead atoms. The lowest BCUT2D eigenvalue weighted by atomic mass is 10.2. The molecule has 1 N–H and O–H groups in total. The normalized spacial score (nSPS) is 15.1. The summed E-state index contributed by atoms with van der Waals surface area (Å²) < 4.78 is 10.3. The van der Waals surface area contributed by atoms with Crippen LogP contribution in [0.15, 0.2) is 30.0 Å². The van der Waals surface area contributed by atoms with Gasteiger partial charge in [0.05, 0.1) is 25.3 Å². The molecule has 2 rings (SSSR count). The maximum absolute atomic E-state index is 12.1. The Bertz CT molecular complexity index is 619. The summed E-state index contributed by atoms with van der Waals surface area (Å²) in [7, 11) is 1.51. The molecule has 0 saturated carbocycles. The predicted molar refractivity (Wildman–Crippen MR) is 82.7 cm³/mol. The highest BCUT2D eigenvalue weighted by Gasteiger charge is 2.14. The lowest BCUT2D eigenvalue weighted by Gasteiger charge is -2.25. The fourth-order valence-electron chi connectivity index (χ4n) is 1.97. The second-order valence-corrected chi connectivity index (χ2v) is 5.01. The molecular weight excluding hydrogens is 306 g/mol. The largest absolute Gasteiger partial charge is 0.495 e. The van der Waals surface area contributed by atoms with Gasteiger partial charge in [0.15, 0.2) is 0 Å². The number of carbonyl (C=O) groups is 1. The van der Waals surface area contributed by atoms with Crippen molar-refractivity contribution in [2.45, 2.75) is 0 Å². The van der Waals surface area contributed by atoms with E-state index in [1.807, 2.05) is 11.0 Å². The van der Waals surface area contributed by atoms with Crippen LogP contribution < -0.4 is 10.1 Å². The smallest absolute Gasteiger partial charge is 0.267 e. The molecule has 1 amide bonds. The van der Waals surface area contributed by atoms with Crippen LogP contribution in [0.5, 0.6) is 5.75 Å². The van der Waals surface area contributed by atoms with E-state index in [0.29, 0.717) is 42.8 Å². The summed E-state index contributed by atoms with van der Waals surface area (Å²) >= 11 is 6.00. The molecule has 0 unspecified atom stereocenters. The van der Waals surface area contributed by atoms with Crippen LogP contribution in [-0.2, 0) is 9.53 Å². The maximum Gasteiger partial charge on any atom is 0.267 e. The fraction of sp³-hybridized carbons (Fsp3) is 0.333. The van der Waals surface area contributed by atoms with Crippen molar-refractivity contribution in [1.82, 2.24) is 4.90 Å². The third-order valence-electron chi connectivity index (χ3n) is 3.13. The molecule has 1 fully saturated rings. The number of rotatable bonds is 4. The molecule has 1 aromatic rings. The molecule has 6 nitrogen and oxygen atoms in total. The van der Waals surface area contributed by atoms with E-state index in [-0.39, 0.29) is 5.57 Å². The number of methoxy groups -OCH3 is 1. The highest BCUT2D eigenvalue weighted by molar-refractivity contribution is 6.32. The number of ether oxygens (including phenoxy) is 2. The number of hydrogen-bond acceptors (Lipinski definition) is 5. The summed E-state index contributed by atoms with van der Waals surface area (Å²) in [5, 5.41) is 12.2.